The van der Waals surface area contributed by atoms with Gasteiger partial charge >= 0.3 is 0 Å². The van der Waals surface area contributed by atoms with E-state index in [2.05, 4.69) is 0 Å². The van der Waals surface area contributed by atoms with Crippen LogP contribution in [0.2, 0.25) is 0 Å². The molecule has 1 saturated heterocycles. The third-order valence-electron chi connectivity index (χ3n) is 4.42. The Labute approximate surface area is 130 Å². The number of nitrogens with zero attached hydrogens (tertiary/aromatic N) is 1. The number of rotatable bonds is 7. The van der Waals surface area contributed by atoms with Crippen LogP contribution in [0.25, 0.3) is 0 Å². The van der Waals surface area contributed by atoms with Crippen molar-refractivity contribution >= 4 is 5.91 Å². The summed E-state index contributed by atoms with van der Waals surface area (Å²) in [6.45, 7) is 1.77. The van der Waals surface area contributed by atoms with Crippen LogP contribution in [0.15, 0.2) is 18.2 Å². The molecule has 1 aromatic rings. The molecule has 0 unspecified atom stereocenters. The van der Waals surface area contributed by atoms with Gasteiger partial charge in [0, 0.05) is 13.1 Å². The van der Waals surface area contributed by atoms with Crippen LogP contribution < -0.4 is 4.74 Å². The minimum Gasteiger partial charge on any atom is -0.493 e. The molecule has 0 atom stereocenters. The molecule has 1 aromatic carbocycles. The fourth-order valence-electron chi connectivity index (χ4n) is 2.45. The Morgan fingerprint density at radius 2 is 2.18 bits per heavy atom. The molecule has 0 radical (unpaired) electrons. The molecule has 22 heavy (non-hydrogen) atoms. The maximum atomic E-state index is 14.1. The van der Waals surface area contributed by atoms with Crippen molar-refractivity contribution in [3.63, 3.8) is 0 Å². The van der Waals surface area contributed by atoms with Gasteiger partial charge in [-0.1, -0.05) is 18.9 Å². The van der Waals surface area contributed by atoms with Crippen LogP contribution in [0.4, 0.5) is 4.39 Å². The normalized spacial score (nSPS) is 17.9. The smallest absolute Gasteiger partial charge is 0.227 e. The third kappa shape index (κ3) is 3.77. The van der Waals surface area contributed by atoms with Crippen LogP contribution in [-0.4, -0.2) is 43.7 Å². The van der Waals surface area contributed by atoms with Gasteiger partial charge in [-0.3, -0.25) is 4.79 Å². The number of carbonyl (C=O) groups excluding carboxylic acids is 1. The number of halogens is 1. The van der Waals surface area contributed by atoms with Gasteiger partial charge < -0.3 is 14.4 Å². The van der Waals surface area contributed by atoms with Crippen LogP contribution in [0, 0.1) is 11.7 Å². The Kier molecular flexibility index (Phi) is 4.62. The average molecular weight is 307 g/mol. The summed E-state index contributed by atoms with van der Waals surface area (Å²) in [6, 6.07) is 4.89. The SMILES string of the molecule is CN(C(=O)Cc1ccc(OCCC2CC2)cc1F)C1COC1. The Hall–Kier alpha value is -1.62. The first-order valence-electron chi connectivity index (χ1n) is 7.88. The van der Waals surface area contributed by atoms with Gasteiger partial charge in [-0.05, 0) is 24.0 Å². The van der Waals surface area contributed by atoms with Gasteiger partial charge in [0.25, 0.3) is 0 Å². The average Bonchev–Trinajstić information content (AvgIpc) is 3.24. The second-order valence-corrected chi connectivity index (χ2v) is 6.21. The summed E-state index contributed by atoms with van der Waals surface area (Å²) in [6.07, 6.45) is 3.69. The van der Waals surface area contributed by atoms with Crippen molar-refractivity contribution in [1.29, 1.82) is 0 Å². The van der Waals surface area contributed by atoms with E-state index in [-0.39, 0.29) is 24.2 Å². The quantitative estimate of drug-likeness (QED) is 0.776. The predicted octanol–water partition coefficient (Wildman–Crippen LogP) is 2.40. The van der Waals surface area contributed by atoms with E-state index in [0.29, 0.717) is 31.1 Å². The highest BCUT2D eigenvalue weighted by Crippen LogP contribution is 2.32. The molecular weight excluding hydrogens is 285 g/mol. The zero-order chi connectivity index (χ0) is 15.5. The van der Waals surface area contributed by atoms with Crippen molar-refractivity contribution in [2.24, 2.45) is 5.92 Å². The van der Waals surface area contributed by atoms with Gasteiger partial charge in [0.05, 0.1) is 32.3 Å². The zero-order valence-electron chi connectivity index (χ0n) is 12.9. The lowest BCUT2D eigenvalue weighted by molar-refractivity contribution is -0.141. The standard InChI is InChI=1S/C17H22FNO3/c1-19(14-10-21-11-14)17(20)8-13-4-5-15(9-16(13)18)22-7-6-12-2-3-12/h4-5,9,12,14H,2-3,6-8,10-11H2,1H3. The highest BCUT2D eigenvalue weighted by Gasteiger charge is 2.27. The summed E-state index contributed by atoms with van der Waals surface area (Å²) in [4.78, 5) is 13.8. The summed E-state index contributed by atoms with van der Waals surface area (Å²) in [7, 11) is 1.74. The van der Waals surface area contributed by atoms with Crippen LogP contribution >= 0.6 is 0 Å². The molecule has 1 heterocycles. The van der Waals surface area contributed by atoms with Gasteiger partial charge in [-0.2, -0.15) is 0 Å². The van der Waals surface area contributed by atoms with E-state index in [1.165, 1.54) is 18.9 Å². The second-order valence-electron chi connectivity index (χ2n) is 6.21. The van der Waals surface area contributed by atoms with Crippen molar-refractivity contribution in [3.05, 3.63) is 29.6 Å². The Bertz CT molecular complexity index is 541. The highest BCUT2D eigenvalue weighted by atomic mass is 19.1. The highest BCUT2D eigenvalue weighted by molar-refractivity contribution is 5.79. The van der Waals surface area contributed by atoms with Crippen LogP contribution in [0.1, 0.15) is 24.8 Å². The van der Waals surface area contributed by atoms with E-state index in [1.54, 1.807) is 24.1 Å². The molecular formula is C17H22FNO3. The molecule has 120 valence electrons. The molecule has 0 bridgehead atoms. The predicted molar refractivity (Wildman–Crippen MR) is 80.3 cm³/mol. The first-order valence-corrected chi connectivity index (χ1v) is 7.88. The number of hydrogen-bond donors (Lipinski definition) is 0. The molecule has 2 fully saturated rings. The minimum atomic E-state index is -0.379. The van der Waals surface area contributed by atoms with Crippen molar-refractivity contribution in [2.75, 3.05) is 26.9 Å². The monoisotopic (exact) mass is 307 g/mol. The number of carbonyl (C=O) groups is 1. The van der Waals surface area contributed by atoms with Crippen LogP contribution in [0.3, 0.4) is 0 Å². The fourth-order valence-corrected chi connectivity index (χ4v) is 2.45. The zero-order valence-corrected chi connectivity index (χ0v) is 12.9. The molecule has 3 rings (SSSR count). The Morgan fingerprint density at radius 3 is 2.77 bits per heavy atom. The molecule has 2 aliphatic rings. The van der Waals surface area contributed by atoms with Crippen molar-refractivity contribution < 1.29 is 18.7 Å². The molecule has 0 N–H and O–H groups in total. The lowest BCUT2D eigenvalue weighted by Crippen LogP contribution is -2.50. The molecule has 1 aliphatic carbocycles. The van der Waals surface area contributed by atoms with Gasteiger partial charge in [0.2, 0.25) is 5.91 Å². The molecule has 5 heteroatoms. The maximum Gasteiger partial charge on any atom is 0.227 e. The van der Waals surface area contributed by atoms with Gasteiger partial charge in [0.1, 0.15) is 11.6 Å². The molecule has 0 aromatic heterocycles. The number of hydrogen-bond acceptors (Lipinski definition) is 3. The largest absolute Gasteiger partial charge is 0.493 e. The van der Waals surface area contributed by atoms with Crippen molar-refractivity contribution in [1.82, 2.24) is 4.90 Å². The molecule has 1 aliphatic heterocycles. The Balaban J connectivity index is 1.52. The lowest BCUT2D eigenvalue weighted by Gasteiger charge is -2.34. The molecule has 1 amide bonds. The van der Waals surface area contributed by atoms with E-state index in [4.69, 9.17) is 9.47 Å². The molecule has 0 spiro atoms. The third-order valence-corrected chi connectivity index (χ3v) is 4.42. The summed E-state index contributed by atoms with van der Waals surface area (Å²) in [5.41, 5.74) is 0.409. The summed E-state index contributed by atoms with van der Waals surface area (Å²) >= 11 is 0. The van der Waals surface area contributed by atoms with Crippen LogP contribution in [0.5, 0.6) is 5.75 Å². The number of likely N-dealkylation sites (N-methyl/N-ethyl adjacent to an activating group) is 1. The molecule has 1 saturated carbocycles. The fraction of sp³-hybridized carbons (Fsp3) is 0.588. The van der Waals surface area contributed by atoms with Crippen LogP contribution in [-0.2, 0) is 16.0 Å². The summed E-state index contributed by atoms with van der Waals surface area (Å²) in [5.74, 6) is 0.869. The van der Waals surface area contributed by atoms with E-state index in [1.807, 2.05) is 0 Å². The number of ether oxygens (including phenoxy) is 2. The Morgan fingerprint density at radius 1 is 1.41 bits per heavy atom. The second kappa shape index (κ2) is 6.65. The van der Waals surface area contributed by atoms with Crippen molar-refractivity contribution in [3.8, 4) is 5.75 Å². The summed E-state index contributed by atoms with van der Waals surface area (Å²) in [5, 5.41) is 0. The van der Waals surface area contributed by atoms with E-state index in [0.717, 1.165) is 12.3 Å². The first-order chi connectivity index (χ1) is 10.6. The summed E-state index contributed by atoms with van der Waals surface area (Å²) < 4.78 is 24.7. The topological polar surface area (TPSA) is 38.8 Å². The van der Waals surface area contributed by atoms with Gasteiger partial charge in [-0.25, -0.2) is 4.39 Å². The minimum absolute atomic E-state index is 0.0706. The maximum absolute atomic E-state index is 14.1. The van der Waals surface area contributed by atoms with Gasteiger partial charge in [0.15, 0.2) is 0 Å². The van der Waals surface area contributed by atoms with Crippen molar-refractivity contribution in [2.45, 2.75) is 31.7 Å². The van der Waals surface area contributed by atoms with E-state index < -0.39 is 0 Å². The molecule has 4 nitrogen and oxygen atoms in total. The number of benzene rings is 1. The first kappa shape index (κ1) is 15.3. The lowest BCUT2D eigenvalue weighted by atomic mass is 10.1. The number of amides is 1. The van der Waals surface area contributed by atoms with E-state index >= 15 is 0 Å². The van der Waals surface area contributed by atoms with Gasteiger partial charge in [-0.15, -0.1) is 0 Å². The van der Waals surface area contributed by atoms with E-state index in [9.17, 15) is 9.18 Å².